The Morgan fingerprint density at radius 1 is 1.06 bits per heavy atom. The molecule has 2 aromatic carbocycles. The number of benzene rings is 2. The van der Waals surface area contributed by atoms with E-state index < -0.39 is 11.7 Å². The van der Waals surface area contributed by atoms with Gasteiger partial charge >= 0.3 is 0 Å². The SMILES string of the molecule is COc1cccc([C@@H](CNC(=O)C(=O)c2c(C)nn(-c3ccccc3)c2C)N2CCCC2)c1. The van der Waals surface area contributed by atoms with Crippen LogP contribution in [0.25, 0.3) is 5.69 Å². The van der Waals surface area contributed by atoms with Crippen LogP contribution in [0.3, 0.4) is 0 Å². The van der Waals surface area contributed by atoms with Crippen molar-refractivity contribution in [1.82, 2.24) is 20.0 Å². The molecular formula is C26H30N4O3. The van der Waals surface area contributed by atoms with Gasteiger partial charge in [0.2, 0.25) is 0 Å². The third-order valence-corrected chi connectivity index (χ3v) is 6.24. The molecule has 7 nitrogen and oxygen atoms in total. The molecule has 0 spiro atoms. The van der Waals surface area contributed by atoms with E-state index in [0.717, 1.165) is 42.9 Å². The van der Waals surface area contributed by atoms with Crippen LogP contribution in [0, 0.1) is 13.8 Å². The number of nitrogens with zero attached hydrogens (tertiary/aromatic N) is 3. The molecule has 1 aromatic heterocycles. The highest BCUT2D eigenvalue weighted by molar-refractivity contribution is 6.43. The first-order valence-electron chi connectivity index (χ1n) is 11.3. The van der Waals surface area contributed by atoms with Crippen molar-refractivity contribution in [2.24, 2.45) is 0 Å². The fraction of sp³-hybridized carbons (Fsp3) is 0.346. The van der Waals surface area contributed by atoms with Crippen molar-refractivity contribution in [3.05, 3.63) is 77.1 Å². The standard InChI is InChI=1S/C26H30N4O3/c1-18-24(19(2)30(28-18)21-11-5-4-6-12-21)25(31)26(32)27-17-23(29-14-7-8-15-29)20-10-9-13-22(16-20)33-3/h4-6,9-13,16,23H,7-8,14-15,17H2,1-3H3,(H,27,32)/t23-/m1/s1. The number of aromatic nitrogens is 2. The minimum atomic E-state index is -0.610. The van der Waals surface area contributed by atoms with E-state index >= 15 is 0 Å². The minimum Gasteiger partial charge on any atom is -0.497 e. The van der Waals surface area contributed by atoms with Gasteiger partial charge in [-0.3, -0.25) is 14.5 Å². The van der Waals surface area contributed by atoms with E-state index in [-0.39, 0.29) is 6.04 Å². The van der Waals surface area contributed by atoms with E-state index in [4.69, 9.17) is 4.74 Å². The van der Waals surface area contributed by atoms with Crippen LogP contribution >= 0.6 is 0 Å². The van der Waals surface area contributed by atoms with Gasteiger partial charge < -0.3 is 10.1 Å². The van der Waals surface area contributed by atoms with Crippen LogP contribution in [-0.4, -0.2) is 53.1 Å². The summed E-state index contributed by atoms with van der Waals surface area (Å²) in [7, 11) is 1.64. The third-order valence-electron chi connectivity index (χ3n) is 6.24. The zero-order chi connectivity index (χ0) is 23.4. The normalized spacial score (nSPS) is 14.8. The smallest absolute Gasteiger partial charge is 0.292 e. The second kappa shape index (κ2) is 10.0. The molecule has 0 aliphatic carbocycles. The van der Waals surface area contributed by atoms with Crippen LogP contribution in [0.4, 0.5) is 0 Å². The van der Waals surface area contributed by atoms with Gasteiger partial charge in [-0.1, -0.05) is 30.3 Å². The molecule has 3 aromatic rings. The molecule has 2 heterocycles. The van der Waals surface area contributed by atoms with E-state index in [9.17, 15) is 9.59 Å². The van der Waals surface area contributed by atoms with Gasteiger partial charge in [-0.2, -0.15) is 5.10 Å². The Labute approximate surface area is 194 Å². The molecule has 0 saturated carbocycles. The lowest BCUT2D eigenvalue weighted by atomic mass is 10.0. The molecule has 172 valence electrons. The van der Waals surface area contributed by atoms with Gasteiger partial charge in [0.05, 0.1) is 35.8 Å². The molecule has 1 amide bonds. The predicted molar refractivity (Wildman–Crippen MR) is 127 cm³/mol. The van der Waals surface area contributed by atoms with Gasteiger partial charge in [0, 0.05) is 6.54 Å². The van der Waals surface area contributed by atoms with Gasteiger partial charge in [-0.25, -0.2) is 4.68 Å². The number of hydrogen-bond acceptors (Lipinski definition) is 5. The summed E-state index contributed by atoms with van der Waals surface area (Å²) >= 11 is 0. The highest BCUT2D eigenvalue weighted by Gasteiger charge is 2.28. The van der Waals surface area contributed by atoms with Crippen LogP contribution in [-0.2, 0) is 4.79 Å². The van der Waals surface area contributed by atoms with Crippen LogP contribution in [0.5, 0.6) is 5.75 Å². The summed E-state index contributed by atoms with van der Waals surface area (Å²) in [6.45, 7) is 5.86. The number of rotatable bonds is 8. The Bertz CT molecular complexity index is 1130. The molecule has 1 saturated heterocycles. The van der Waals surface area contributed by atoms with E-state index in [2.05, 4.69) is 15.3 Å². The molecule has 1 aliphatic rings. The Morgan fingerprint density at radius 3 is 2.48 bits per heavy atom. The molecule has 1 fully saturated rings. The fourth-order valence-electron chi connectivity index (χ4n) is 4.53. The fourth-order valence-corrected chi connectivity index (χ4v) is 4.53. The number of amides is 1. The van der Waals surface area contributed by atoms with E-state index in [1.165, 1.54) is 0 Å². The van der Waals surface area contributed by atoms with E-state index in [1.54, 1.807) is 18.7 Å². The monoisotopic (exact) mass is 446 g/mol. The van der Waals surface area contributed by atoms with Crippen molar-refractivity contribution in [2.75, 3.05) is 26.7 Å². The highest BCUT2D eigenvalue weighted by Crippen LogP contribution is 2.27. The van der Waals surface area contributed by atoms with Crippen molar-refractivity contribution < 1.29 is 14.3 Å². The zero-order valence-electron chi connectivity index (χ0n) is 19.4. The molecule has 33 heavy (non-hydrogen) atoms. The number of methoxy groups -OCH3 is 1. The summed E-state index contributed by atoms with van der Waals surface area (Å²) in [5.74, 6) is -0.391. The summed E-state index contributed by atoms with van der Waals surface area (Å²) in [5.41, 5.74) is 3.47. The van der Waals surface area contributed by atoms with Crippen LogP contribution < -0.4 is 10.1 Å². The molecule has 1 aliphatic heterocycles. The first kappa shape index (κ1) is 22.7. The molecular weight excluding hydrogens is 416 g/mol. The molecule has 0 bridgehead atoms. The second-order valence-electron chi connectivity index (χ2n) is 8.37. The number of aryl methyl sites for hydroxylation is 1. The van der Waals surface area contributed by atoms with E-state index in [1.807, 2.05) is 61.5 Å². The summed E-state index contributed by atoms with van der Waals surface area (Å²) in [5, 5.41) is 7.39. The predicted octanol–water partition coefficient (Wildman–Crippen LogP) is 3.63. The van der Waals surface area contributed by atoms with Crippen molar-refractivity contribution in [3.63, 3.8) is 0 Å². The summed E-state index contributed by atoms with van der Waals surface area (Å²) in [6.07, 6.45) is 2.26. The largest absolute Gasteiger partial charge is 0.497 e. The van der Waals surface area contributed by atoms with Crippen LogP contribution in [0.2, 0.25) is 0 Å². The molecule has 7 heteroatoms. The topological polar surface area (TPSA) is 76.5 Å². The molecule has 4 rings (SSSR count). The third kappa shape index (κ3) is 4.83. The maximum atomic E-state index is 13.1. The summed E-state index contributed by atoms with van der Waals surface area (Å²) < 4.78 is 7.09. The minimum absolute atomic E-state index is 0.0198. The zero-order valence-corrected chi connectivity index (χ0v) is 19.4. The number of carbonyl (C=O) groups excluding carboxylic acids is 2. The van der Waals surface area contributed by atoms with Crippen molar-refractivity contribution in [1.29, 1.82) is 0 Å². The molecule has 0 radical (unpaired) electrons. The Kier molecular flexibility index (Phi) is 6.89. The van der Waals surface area contributed by atoms with Crippen molar-refractivity contribution in [3.8, 4) is 11.4 Å². The summed E-state index contributed by atoms with van der Waals surface area (Å²) in [6, 6.07) is 17.5. The first-order valence-corrected chi connectivity index (χ1v) is 11.3. The second-order valence-corrected chi connectivity index (χ2v) is 8.37. The number of carbonyl (C=O) groups is 2. The highest BCUT2D eigenvalue weighted by atomic mass is 16.5. The number of Topliss-reactive ketones (excluding diaryl/α,β-unsaturated/α-hetero) is 1. The number of ether oxygens (including phenoxy) is 1. The lowest BCUT2D eigenvalue weighted by Crippen LogP contribution is -2.39. The first-order chi connectivity index (χ1) is 16.0. The van der Waals surface area contributed by atoms with Crippen LogP contribution in [0.1, 0.15) is 46.2 Å². The number of para-hydroxylation sites is 1. The average Bonchev–Trinajstić information content (AvgIpc) is 3.47. The van der Waals surface area contributed by atoms with Gasteiger partial charge in [-0.15, -0.1) is 0 Å². The van der Waals surface area contributed by atoms with Gasteiger partial charge in [-0.05, 0) is 69.6 Å². The lowest BCUT2D eigenvalue weighted by Gasteiger charge is -2.28. The van der Waals surface area contributed by atoms with Gasteiger partial charge in [0.1, 0.15) is 5.75 Å². The molecule has 0 unspecified atom stereocenters. The maximum Gasteiger partial charge on any atom is 0.292 e. The average molecular weight is 447 g/mol. The van der Waals surface area contributed by atoms with Crippen LogP contribution in [0.15, 0.2) is 54.6 Å². The Balaban J connectivity index is 1.52. The summed E-state index contributed by atoms with van der Waals surface area (Å²) in [4.78, 5) is 28.4. The molecule has 1 atom stereocenters. The molecule has 1 N–H and O–H groups in total. The number of nitrogens with one attached hydrogen (secondary N) is 1. The quantitative estimate of drug-likeness (QED) is 0.422. The Morgan fingerprint density at radius 2 is 1.79 bits per heavy atom. The van der Waals surface area contributed by atoms with Crippen molar-refractivity contribution >= 4 is 11.7 Å². The lowest BCUT2D eigenvalue weighted by molar-refractivity contribution is -0.117. The van der Waals surface area contributed by atoms with Gasteiger partial charge in [0.25, 0.3) is 11.7 Å². The number of ketones is 1. The number of hydrogen-bond donors (Lipinski definition) is 1. The van der Waals surface area contributed by atoms with E-state index in [0.29, 0.717) is 23.5 Å². The number of likely N-dealkylation sites (tertiary alicyclic amines) is 1. The maximum absolute atomic E-state index is 13.1. The van der Waals surface area contributed by atoms with Gasteiger partial charge in [0.15, 0.2) is 0 Å². The van der Waals surface area contributed by atoms with Crippen molar-refractivity contribution in [2.45, 2.75) is 32.7 Å². The Hall–Kier alpha value is -3.45.